The number of benzene rings is 1. The highest BCUT2D eigenvalue weighted by atomic mass is 15.3. The molecule has 3 heterocycles. The van der Waals surface area contributed by atoms with Crippen molar-refractivity contribution in [1.82, 2.24) is 24.8 Å². The highest BCUT2D eigenvalue weighted by Gasteiger charge is 2.26. The molecule has 1 saturated carbocycles. The number of aromatic nitrogens is 5. The Morgan fingerprint density at radius 2 is 2.03 bits per heavy atom. The van der Waals surface area contributed by atoms with Gasteiger partial charge in [-0.1, -0.05) is 24.3 Å². The fraction of sp³-hybridized carbons (Fsp3) is 0.318. The fourth-order valence-corrected chi connectivity index (χ4v) is 4.46. The number of aryl methyl sites for hydroxylation is 1. The van der Waals surface area contributed by atoms with E-state index in [4.69, 9.17) is 5.73 Å². The van der Waals surface area contributed by atoms with Crippen LogP contribution in [0.1, 0.15) is 54.5 Å². The molecular weight excluding hydrogens is 362 g/mol. The predicted molar refractivity (Wildman–Crippen MR) is 113 cm³/mol. The Kier molecular flexibility index (Phi) is 3.62. The van der Waals surface area contributed by atoms with E-state index in [1.807, 2.05) is 12.3 Å². The maximum absolute atomic E-state index is 6.37. The summed E-state index contributed by atoms with van der Waals surface area (Å²) >= 11 is 0. The minimum atomic E-state index is 0.208. The number of nitrogens with two attached hydrogens (primary N) is 1. The molecule has 0 aliphatic heterocycles. The van der Waals surface area contributed by atoms with Gasteiger partial charge in [0, 0.05) is 23.4 Å². The van der Waals surface area contributed by atoms with Gasteiger partial charge >= 0.3 is 0 Å². The smallest absolute Gasteiger partial charge is 0.243 e. The van der Waals surface area contributed by atoms with Gasteiger partial charge in [0.25, 0.3) is 0 Å². The molecule has 2 aliphatic carbocycles. The standard InChI is InChI=1S/C22H23N7/c23-21-20-16(19-12-18(26-27-19)14-8-9-14)10-11-29(20)28-22(25-21)24-17-7-3-5-13-4-1-2-6-15(13)17/h1-2,4,6,10-12,14,17H,3,5,7-9H2,(H,26,27)(H3,23,24,25,28). The van der Waals surface area contributed by atoms with E-state index in [0.717, 1.165) is 36.0 Å². The third kappa shape index (κ3) is 2.85. The summed E-state index contributed by atoms with van der Waals surface area (Å²) in [5.74, 6) is 1.65. The van der Waals surface area contributed by atoms with Crippen molar-refractivity contribution in [3.8, 4) is 11.3 Å². The van der Waals surface area contributed by atoms with Crippen LogP contribution < -0.4 is 11.1 Å². The Hall–Kier alpha value is -3.35. The molecule has 4 aromatic rings. The summed E-state index contributed by atoms with van der Waals surface area (Å²) in [6, 6.07) is 12.9. The number of anilines is 2. The molecular formula is C22H23N7. The molecule has 4 N–H and O–H groups in total. The van der Waals surface area contributed by atoms with Gasteiger partial charge in [-0.25, -0.2) is 4.52 Å². The average Bonchev–Trinajstić information content (AvgIpc) is 3.30. The molecule has 1 unspecified atom stereocenters. The summed E-state index contributed by atoms with van der Waals surface area (Å²) in [4.78, 5) is 4.58. The lowest BCUT2D eigenvalue weighted by Gasteiger charge is -2.26. The lowest BCUT2D eigenvalue weighted by Crippen LogP contribution is -2.19. The Labute approximate surface area is 168 Å². The van der Waals surface area contributed by atoms with Crippen LogP contribution in [0.5, 0.6) is 0 Å². The van der Waals surface area contributed by atoms with Crippen molar-refractivity contribution in [2.24, 2.45) is 0 Å². The van der Waals surface area contributed by atoms with Crippen LogP contribution in [-0.4, -0.2) is 24.8 Å². The van der Waals surface area contributed by atoms with Gasteiger partial charge in [-0.2, -0.15) is 10.1 Å². The lowest BCUT2D eigenvalue weighted by atomic mass is 9.88. The molecule has 146 valence electrons. The minimum absolute atomic E-state index is 0.208. The number of H-pyrrole nitrogens is 1. The third-order valence-electron chi connectivity index (χ3n) is 6.10. The number of hydrogen-bond acceptors (Lipinski definition) is 5. The number of hydrogen-bond donors (Lipinski definition) is 3. The summed E-state index contributed by atoms with van der Waals surface area (Å²) in [6.45, 7) is 0. The molecule has 3 aromatic heterocycles. The number of rotatable bonds is 4. The highest BCUT2D eigenvalue weighted by molar-refractivity contribution is 5.86. The molecule has 29 heavy (non-hydrogen) atoms. The first kappa shape index (κ1) is 16.6. The molecule has 0 saturated heterocycles. The van der Waals surface area contributed by atoms with Gasteiger partial charge in [0.1, 0.15) is 5.52 Å². The van der Waals surface area contributed by atoms with E-state index in [9.17, 15) is 0 Å². The number of nitrogen functional groups attached to an aromatic ring is 1. The summed E-state index contributed by atoms with van der Waals surface area (Å²) in [6.07, 6.45) is 7.75. The number of nitrogens with one attached hydrogen (secondary N) is 2. The molecule has 1 aromatic carbocycles. The van der Waals surface area contributed by atoms with Crippen LogP contribution in [0.4, 0.5) is 11.8 Å². The van der Waals surface area contributed by atoms with Gasteiger partial charge in [-0.15, -0.1) is 5.10 Å². The number of fused-ring (bicyclic) bond motifs is 2. The zero-order valence-electron chi connectivity index (χ0n) is 16.1. The SMILES string of the molecule is Nc1nc(NC2CCCc3ccccc32)nn2ccc(-c3cc(C4CC4)[nH]n3)c12. The number of aromatic amines is 1. The van der Waals surface area contributed by atoms with Crippen LogP contribution in [0.2, 0.25) is 0 Å². The topological polar surface area (TPSA) is 96.9 Å². The van der Waals surface area contributed by atoms with Crippen molar-refractivity contribution in [3.05, 3.63) is 59.4 Å². The lowest BCUT2D eigenvalue weighted by molar-refractivity contribution is 0.594. The third-order valence-corrected chi connectivity index (χ3v) is 6.10. The van der Waals surface area contributed by atoms with E-state index in [-0.39, 0.29) is 6.04 Å². The molecule has 0 spiro atoms. The maximum Gasteiger partial charge on any atom is 0.243 e. The van der Waals surface area contributed by atoms with E-state index in [1.54, 1.807) is 4.52 Å². The minimum Gasteiger partial charge on any atom is -0.382 e. The van der Waals surface area contributed by atoms with Gasteiger partial charge < -0.3 is 11.1 Å². The highest BCUT2D eigenvalue weighted by Crippen LogP contribution is 2.40. The number of nitrogens with zero attached hydrogens (tertiary/aromatic N) is 4. The van der Waals surface area contributed by atoms with Crippen molar-refractivity contribution in [3.63, 3.8) is 0 Å². The molecule has 6 rings (SSSR count). The van der Waals surface area contributed by atoms with Crippen molar-refractivity contribution in [2.45, 2.75) is 44.1 Å². The van der Waals surface area contributed by atoms with Gasteiger partial charge in [0.05, 0.1) is 11.7 Å². The first-order chi connectivity index (χ1) is 14.3. The van der Waals surface area contributed by atoms with E-state index < -0.39 is 0 Å². The van der Waals surface area contributed by atoms with Crippen molar-refractivity contribution in [2.75, 3.05) is 11.1 Å². The van der Waals surface area contributed by atoms with Crippen LogP contribution in [-0.2, 0) is 6.42 Å². The Balaban J connectivity index is 1.34. The van der Waals surface area contributed by atoms with E-state index in [1.165, 1.54) is 29.7 Å². The monoisotopic (exact) mass is 385 g/mol. The van der Waals surface area contributed by atoms with E-state index >= 15 is 0 Å². The molecule has 0 bridgehead atoms. The second-order valence-corrected chi connectivity index (χ2v) is 8.11. The Morgan fingerprint density at radius 1 is 1.14 bits per heavy atom. The van der Waals surface area contributed by atoms with Gasteiger partial charge in [0.2, 0.25) is 5.95 Å². The summed E-state index contributed by atoms with van der Waals surface area (Å²) in [5, 5.41) is 15.8. The Morgan fingerprint density at radius 3 is 2.93 bits per heavy atom. The van der Waals surface area contributed by atoms with E-state index in [0.29, 0.717) is 17.7 Å². The quantitative estimate of drug-likeness (QED) is 0.492. The maximum atomic E-state index is 6.37. The van der Waals surface area contributed by atoms with Crippen LogP contribution >= 0.6 is 0 Å². The first-order valence-corrected chi connectivity index (χ1v) is 10.3. The average molecular weight is 385 g/mol. The normalized spacial score (nSPS) is 18.7. The fourth-order valence-electron chi connectivity index (χ4n) is 4.46. The van der Waals surface area contributed by atoms with Crippen LogP contribution in [0.15, 0.2) is 42.6 Å². The van der Waals surface area contributed by atoms with Crippen LogP contribution in [0.25, 0.3) is 16.8 Å². The van der Waals surface area contributed by atoms with Gasteiger partial charge in [-0.05, 0) is 55.4 Å². The molecule has 2 aliphatic rings. The molecule has 0 amide bonds. The predicted octanol–water partition coefficient (Wildman–Crippen LogP) is 4.07. The zero-order chi connectivity index (χ0) is 19.4. The van der Waals surface area contributed by atoms with E-state index in [2.05, 4.69) is 55.9 Å². The van der Waals surface area contributed by atoms with Gasteiger partial charge in [0.15, 0.2) is 5.82 Å². The molecule has 1 atom stereocenters. The molecule has 7 nitrogen and oxygen atoms in total. The zero-order valence-corrected chi connectivity index (χ0v) is 16.1. The summed E-state index contributed by atoms with van der Waals surface area (Å²) in [7, 11) is 0. The van der Waals surface area contributed by atoms with Crippen LogP contribution in [0, 0.1) is 0 Å². The van der Waals surface area contributed by atoms with Crippen molar-refractivity contribution < 1.29 is 0 Å². The largest absolute Gasteiger partial charge is 0.382 e. The van der Waals surface area contributed by atoms with Gasteiger partial charge in [-0.3, -0.25) is 5.10 Å². The second kappa shape index (κ2) is 6.34. The molecule has 7 heteroatoms. The Bertz CT molecular complexity index is 1200. The first-order valence-electron chi connectivity index (χ1n) is 10.3. The van der Waals surface area contributed by atoms with Crippen molar-refractivity contribution >= 4 is 17.3 Å². The van der Waals surface area contributed by atoms with Crippen LogP contribution in [0.3, 0.4) is 0 Å². The second-order valence-electron chi connectivity index (χ2n) is 8.11. The summed E-state index contributed by atoms with van der Waals surface area (Å²) < 4.78 is 1.81. The van der Waals surface area contributed by atoms with Crippen molar-refractivity contribution in [1.29, 1.82) is 0 Å². The molecule has 0 radical (unpaired) electrons. The summed E-state index contributed by atoms with van der Waals surface area (Å²) in [5.41, 5.74) is 13.0. The molecule has 1 fully saturated rings.